The molecule has 25 heavy (non-hydrogen) atoms. The summed E-state index contributed by atoms with van der Waals surface area (Å²) in [7, 11) is 0. The molecule has 0 saturated heterocycles. The molecule has 0 bridgehead atoms. The summed E-state index contributed by atoms with van der Waals surface area (Å²) in [6.07, 6.45) is 0. The van der Waals surface area contributed by atoms with Crippen molar-refractivity contribution in [1.82, 2.24) is 5.16 Å². The summed E-state index contributed by atoms with van der Waals surface area (Å²) in [5.74, 6) is 1.43. The summed E-state index contributed by atoms with van der Waals surface area (Å²) < 4.78 is 21.7. The molecule has 2 heterocycles. The standard InChI is InChI=1S/C19H15NO5/c1-12-17(18(20-25-12)13-5-3-2-4-6-13)19(21)24-14-7-8-15-16(11-14)23-10-9-22-15/h2-8,11H,9-10H2,1H3. The molecule has 126 valence electrons. The zero-order chi connectivity index (χ0) is 17.2. The molecule has 0 fully saturated rings. The Bertz CT molecular complexity index is 917. The third kappa shape index (κ3) is 2.94. The van der Waals surface area contributed by atoms with Crippen LogP contribution in [0.2, 0.25) is 0 Å². The van der Waals surface area contributed by atoms with Crippen molar-refractivity contribution in [1.29, 1.82) is 0 Å². The molecule has 1 aromatic heterocycles. The average molecular weight is 337 g/mol. The van der Waals surface area contributed by atoms with Gasteiger partial charge in [-0.05, 0) is 19.1 Å². The van der Waals surface area contributed by atoms with Gasteiger partial charge in [0.2, 0.25) is 0 Å². The smallest absolute Gasteiger partial charge is 0.349 e. The van der Waals surface area contributed by atoms with Gasteiger partial charge in [-0.15, -0.1) is 0 Å². The Morgan fingerprint density at radius 1 is 1.04 bits per heavy atom. The molecule has 1 aliphatic heterocycles. The minimum Gasteiger partial charge on any atom is -0.486 e. The van der Waals surface area contributed by atoms with Crippen molar-refractivity contribution in [3.8, 4) is 28.5 Å². The van der Waals surface area contributed by atoms with E-state index in [0.717, 1.165) is 5.56 Å². The second-order valence-electron chi connectivity index (χ2n) is 5.52. The first-order chi connectivity index (χ1) is 12.2. The van der Waals surface area contributed by atoms with Crippen molar-refractivity contribution in [3.05, 3.63) is 59.9 Å². The van der Waals surface area contributed by atoms with E-state index in [1.165, 1.54) is 0 Å². The van der Waals surface area contributed by atoms with E-state index in [2.05, 4.69) is 5.16 Å². The van der Waals surface area contributed by atoms with Crippen molar-refractivity contribution in [2.75, 3.05) is 13.2 Å². The number of esters is 1. The van der Waals surface area contributed by atoms with Crippen molar-refractivity contribution in [3.63, 3.8) is 0 Å². The lowest BCUT2D eigenvalue weighted by molar-refractivity contribution is 0.0732. The second-order valence-corrected chi connectivity index (χ2v) is 5.52. The maximum absolute atomic E-state index is 12.7. The number of benzene rings is 2. The van der Waals surface area contributed by atoms with E-state index in [1.807, 2.05) is 30.3 Å². The molecule has 6 nitrogen and oxygen atoms in total. The number of rotatable bonds is 3. The van der Waals surface area contributed by atoms with Gasteiger partial charge in [0.25, 0.3) is 0 Å². The van der Waals surface area contributed by atoms with E-state index >= 15 is 0 Å². The van der Waals surface area contributed by atoms with Gasteiger partial charge in [0, 0.05) is 11.6 Å². The Morgan fingerprint density at radius 2 is 1.80 bits per heavy atom. The molecule has 0 unspecified atom stereocenters. The first-order valence-electron chi connectivity index (χ1n) is 7.86. The van der Waals surface area contributed by atoms with E-state index < -0.39 is 5.97 Å². The first-order valence-corrected chi connectivity index (χ1v) is 7.86. The molecule has 0 aliphatic carbocycles. The SMILES string of the molecule is Cc1onc(-c2ccccc2)c1C(=O)Oc1ccc2c(c1)OCCO2. The Balaban J connectivity index is 1.63. The molecular weight excluding hydrogens is 322 g/mol. The lowest BCUT2D eigenvalue weighted by Gasteiger charge is -2.18. The Labute approximate surface area is 143 Å². The van der Waals surface area contributed by atoms with Crippen LogP contribution < -0.4 is 14.2 Å². The highest BCUT2D eigenvalue weighted by Gasteiger charge is 2.24. The van der Waals surface area contributed by atoms with Crippen LogP contribution in [-0.4, -0.2) is 24.3 Å². The zero-order valence-corrected chi connectivity index (χ0v) is 13.5. The lowest BCUT2D eigenvalue weighted by Crippen LogP contribution is -2.16. The van der Waals surface area contributed by atoms with E-state index in [4.69, 9.17) is 18.7 Å². The van der Waals surface area contributed by atoms with Crippen LogP contribution in [0.4, 0.5) is 0 Å². The highest BCUT2D eigenvalue weighted by molar-refractivity contribution is 5.98. The van der Waals surface area contributed by atoms with E-state index in [0.29, 0.717) is 47.5 Å². The Morgan fingerprint density at radius 3 is 2.60 bits per heavy atom. The number of ether oxygens (including phenoxy) is 3. The first kappa shape index (κ1) is 15.3. The monoisotopic (exact) mass is 337 g/mol. The van der Waals surface area contributed by atoms with Gasteiger partial charge in [0.05, 0.1) is 0 Å². The molecule has 0 N–H and O–H groups in total. The van der Waals surface area contributed by atoms with Crippen molar-refractivity contribution in [2.24, 2.45) is 0 Å². The quantitative estimate of drug-likeness (QED) is 0.537. The number of carbonyl (C=O) groups is 1. The van der Waals surface area contributed by atoms with E-state index in [9.17, 15) is 4.79 Å². The fraction of sp³-hybridized carbons (Fsp3) is 0.158. The number of carbonyl (C=O) groups excluding carboxylic acids is 1. The Kier molecular flexibility index (Phi) is 3.85. The van der Waals surface area contributed by atoms with Crippen molar-refractivity contribution < 1.29 is 23.5 Å². The third-order valence-corrected chi connectivity index (χ3v) is 3.84. The maximum atomic E-state index is 12.7. The predicted molar refractivity (Wildman–Crippen MR) is 89.1 cm³/mol. The summed E-state index contributed by atoms with van der Waals surface area (Å²) >= 11 is 0. The lowest BCUT2D eigenvalue weighted by atomic mass is 10.1. The summed E-state index contributed by atoms with van der Waals surface area (Å²) in [5.41, 5.74) is 1.55. The van der Waals surface area contributed by atoms with Crippen molar-refractivity contribution in [2.45, 2.75) is 6.92 Å². The molecule has 1 aliphatic rings. The van der Waals surface area contributed by atoms with E-state index in [1.54, 1.807) is 25.1 Å². The molecule has 0 radical (unpaired) electrons. The minimum atomic E-state index is -0.533. The van der Waals surface area contributed by atoms with Crippen LogP contribution in [0.1, 0.15) is 16.1 Å². The molecule has 0 saturated carbocycles. The molecule has 3 aromatic rings. The van der Waals surface area contributed by atoms with Gasteiger partial charge < -0.3 is 18.7 Å². The van der Waals surface area contributed by atoms with Crippen LogP contribution in [-0.2, 0) is 0 Å². The molecule has 6 heteroatoms. The average Bonchev–Trinajstić information content (AvgIpc) is 3.04. The molecular formula is C19H15NO5. The molecule has 4 rings (SSSR count). The topological polar surface area (TPSA) is 70.8 Å². The molecule has 0 atom stereocenters. The number of hydrogen-bond acceptors (Lipinski definition) is 6. The summed E-state index contributed by atoms with van der Waals surface area (Å²) in [5, 5.41) is 4.00. The maximum Gasteiger partial charge on any atom is 0.349 e. The van der Waals surface area contributed by atoms with Crippen LogP contribution in [0.15, 0.2) is 53.1 Å². The predicted octanol–water partition coefficient (Wildman–Crippen LogP) is 3.64. The van der Waals surface area contributed by atoms with Gasteiger partial charge >= 0.3 is 5.97 Å². The van der Waals surface area contributed by atoms with Crippen molar-refractivity contribution >= 4 is 5.97 Å². The number of hydrogen-bond donors (Lipinski definition) is 0. The van der Waals surface area contributed by atoms with Gasteiger partial charge in [0.15, 0.2) is 11.5 Å². The van der Waals surface area contributed by atoms with Gasteiger partial charge in [0.1, 0.15) is 36.0 Å². The summed E-state index contributed by atoms with van der Waals surface area (Å²) in [6, 6.07) is 14.4. The normalized spacial score (nSPS) is 12.7. The number of aryl methyl sites for hydroxylation is 1. The summed E-state index contributed by atoms with van der Waals surface area (Å²) in [4.78, 5) is 12.7. The van der Waals surface area contributed by atoms with Crippen LogP contribution >= 0.6 is 0 Å². The zero-order valence-electron chi connectivity index (χ0n) is 13.5. The summed E-state index contributed by atoms with van der Waals surface area (Å²) in [6.45, 7) is 2.65. The van der Waals surface area contributed by atoms with Gasteiger partial charge in [-0.1, -0.05) is 35.5 Å². The van der Waals surface area contributed by atoms with Crippen LogP contribution in [0.5, 0.6) is 17.2 Å². The van der Waals surface area contributed by atoms with Crippen LogP contribution in [0, 0.1) is 6.92 Å². The van der Waals surface area contributed by atoms with Gasteiger partial charge in [-0.25, -0.2) is 4.79 Å². The number of nitrogens with zero attached hydrogens (tertiary/aromatic N) is 1. The van der Waals surface area contributed by atoms with Gasteiger partial charge in [-0.3, -0.25) is 0 Å². The fourth-order valence-electron chi connectivity index (χ4n) is 2.65. The number of aromatic nitrogens is 1. The fourth-order valence-corrected chi connectivity index (χ4v) is 2.65. The molecule has 0 amide bonds. The third-order valence-electron chi connectivity index (χ3n) is 3.84. The highest BCUT2D eigenvalue weighted by atomic mass is 16.6. The second kappa shape index (κ2) is 6.32. The number of fused-ring (bicyclic) bond motifs is 1. The molecule has 2 aromatic carbocycles. The Hall–Kier alpha value is -3.28. The van der Waals surface area contributed by atoms with Crippen LogP contribution in [0.3, 0.4) is 0 Å². The van der Waals surface area contributed by atoms with Crippen LogP contribution in [0.25, 0.3) is 11.3 Å². The van der Waals surface area contributed by atoms with Gasteiger partial charge in [-0.2, -0.15) is 0 Å². The highest BCUT2D eigenvalue weighted by Crippen LogP contribution is 2.34. The minimum absolute atomic E-state index is 0.307. The largest absolute Gasteiger partial charge is 0.486 e. The van der Waals surface area contributed by atoms with E-state index in [-0.39, 0.29) is 0 Å². The molecule has 0 spiro atoms.